The quantitative estimate of drug-likeness (QED) is 0.540. The number of halogens is 3. The molecule has 1 aromatic carbocycles. The van der Waals surface area contributed by atoms with Gasteiger partial charge in [0.05, 0.1) is 0 Å². The van der Waals surface area contributed by atoms with Crippen molar-refractivity contribution < 1.29 is 18.0 Å². The van der Waals surface area contributed by atoms with Gasteiger partial charge >= 0.3 is 6.18 Å². The minimum absolute atomic E-state index is 0.0848. The lowest BCUT2D eigenvalue weighted by Crippen LogP contribution is -2.43. The van der Waals surface area contributed by atoms with E-state index in [2.05, 4.69) is 20.6 Å². The molecule has 0 bridgehead atoms. The van der Waals surface area contributed by atoms with Crippen LogP contribution in [0, 0.1) is 0 Å². The molecule has 0 unspecified atom stereocenters. The van der Waals surface area contributed by atoms with Crippen molar-refractivity contribution in [3.63, 3.8) is 0 Å². The summed E-state index contributed by atoms with van der Waals surface area (Å²) in [6.45, 7) is 0.872. The topological polar surface area (TPSA) is 92.2 Å². The maximum Gasteiger partial charge on any atom is 0.449 e. The molecule has 12 heteroatoms. The smallest absolute Gasteiger partial charge is 0.350 e. The number of hydrogen-bond acceptors (Lipinski definition) is 7. The number of benzene rings is 1. The zero-order chi connectivity index (χ0) is 23.6. The van der Waals surface area contributed by atoms with Gasteiger partial charge in [0.2, 0.25) is 11.7 Å². The monoisotopic (exact) mass is 480 g/mol. The van der Waals surface area contributed by atoms with Crippen LogP contribution in [0.25, 0.3) is 10.3 Å². The zero-order valence-electron chi connectivity index (χ0n) is 17.9. The van der Waals surface area contributed by atoms with Crippen LogP contribution in [0.2, 0.25) is 0 Å². The van der Waals surface area contributed by atoms with Gasteiger partial charge in [-0.15, -0.1) is 0 Å². The number of amides is 1. The second-order valence-electron chi connectivity index (χ2n) is 7.70. The Morgan fingerprint density at radius 2 is 2.00 bits per heavy atom. The molecule has 1 aliphatic heterocycles. The molecule has 1 saturated heterocycles. The molecule has 1 atom stereocenters. The summed E-state index contributed by atoms with van der Waals surface area (Å²) in [7, 11) is 1.58. The minimum Gasteiger partial charge on any atom is -0.350 e. The van der Waals surface area contributed by atoms with Crippen molar-refractivity contribution in [3.8, 4) is 0 Å². The van der Waals surface area contributed by atoms with E-state index in [0.29, 0.717) is 29.2 Å². The van der Waals surface area contributed by atoms with Crippen molar-refractivity contribution >= 4 is 32.7 Å². The van der Waals surface area contributed by atoms with Crippen LogP contribution in [0.3, 0.4) is 0 Å². The summed E-state index contributed by atoms with van der Waals surface area (Å²) in [6.07, 6.45) is -3.46. The molecule has 3 heterocycles. The molecule has 0 aliphatic carbocycles. The number of hydrogen-bond donors (Lipinski definition) is 2. The summed E-state index contributed by atoms with van der Waals surface area (Å²) in [5, 5.41) is 5.97. The molecule has 4 rings (SSSR count). The highest BCUT2D eigenvalue weighted by molar-refractivity contribution is 7.21. The average molecular weight is 481 g/mol. The molecule has 1 amide bonds. The Morgan fingerprint density at radius 1 is 1.24 bits per heavy atom. The maximum absolute atomic E-state index is 13.6. The fourth-order valence-corrected chi connectivity index (χ4v) is 4.85. The van der Waals surface area contributed by atoms with E-state index >= 15 is 0 Å². The van der Waals surface area contributed by atoms with Gasteiger partial charge in [-0.05, 0) is 25.5 Å². The summed E-state index contributed by atoms with van der Waals surface area (Å²) in [4.78, 5) is 35.4. The van der Waals surface area contributed by atoms with E-state index in [1.165, 1.54) is 0 Å². The predicted octanol–water partition coefficient (Wildman–Crippen LogP) is 2.38. The Morgan fingerprint density at radius 3 is 2.70 bits per heavy atom. The fourth-order valence-electron chi connectivity index (χ4n) is 3.84. The molecule has 0 radical (unpaired) electrons. The molecule has 1 aliphatic rings. The first kappa shape index (κ1) is 23.2. The summed E-state index contributed by atoms with van der Waals surface area (Å²) in [5.41, 5.74) is 0.00480. The lowest BCUT2D eigenvalue weighted by atomic mass is 10.2. The Bertz CT molecular complexity index is 1190. The summed E-state index contributed by atoms with van der Waals surface area (Å²) < 4.78 is 41.3. The van der Waals surface area contributed by atoms with Crippen LogP contribution in [-0.2, 0) is 24.1 Å². The number of rotatable bonds is 7. The molecule has 2 aromatic heterocycles. The van der Waals surface area contributed by atoms with E-state index in [4.69, 9.17) is 0 Å². The van der Waals surface area contributed by atoms with E-state index in [1.807, 2.05) is 30.3 Å². The second-order valence-corrected chi connectivity index (χ2v) is 8.65. The summed E-state index contributed by atoms with van der Waals surface area (Å²) in [5.74, 6) is -1.44. The van der Waals surface area contributed by atoms with Crippen molar-refractivity contribution in [1.29, 1.82) is 0 Å². The van der Waals surface area contributed by atoms with Crippen LogP contribution in [0.5, 0.6) is 0 Å². The van der Waals surface area contributed by atoms with E-state index in [-0.39, 0.29) is 29.3 Å². The number of alkyl halides is 3. The number of thiazole rings is 1. The molecule has 1 fully saturated rings. The van der Waals surface area contributed by atoms with E-state index in [0.717, 1.165) is 23.3 Å². The Hall–Kier alpha value is -2.99. The average Bonchev–Trinajstić information content (AvgIpc) is 3.44. The summed E-state index contributed by atoms with van der Waals surface area (Å²) >= 11 is 0.902. The van der Waals surface area contributed by atoms with Gasteiger partial charge < -0.3 is 15.5 Å². The number of carbonyl (C=O) groups excluding carboxylic acids is 1. The van der Waals surface area contributed by atoms with Crippen LogP contribution in [-0.4, -0.2) is 46.6 Å². The molecule has 8 nitrogen and oxygen atoms in total. The largest absolute Gasteiger partial charge is 0.449 e. The van der Waals surface area contributed by atoms with Gasteiger partial charge in [0.25, 0.3) is 5.56 Å². The van der Waals surface area contributed by atoms with Gasteiger partial charge in [-0.1, -0.05) is 41.7 Å². The van der Waals surface area contributed by atoms with Crippen molar-refractivity contribution in [2.45, 2.75) is 38.1 Å². The Labute approximate surface area is 191 Å². The first-order valence-corrected chi connectivity index (χ1v) is 11.3. The highest BCUT2D eigenvalue weighted by Crippen LogP contribution is 2.34. The van der Waals surface area contributed by atoms with Crippen molar-refractivity contribution in [2.24, 2.45) is 0 Å². The van der Waals surface area contributed by atoms with Crippen molar-refractivity contribution in [2.75, 3.05) is 25.0 Å². The van der Waals surface area contributed by atoms with Gasteiger partial charge in [-0.2, -0.15) is 13.2 Å². The number of fused-ring (bicyclic) bond motifs is 1. The van der Waals surface area contributed by atoms with Gasteiger partial charge in [0.15, 0.2) is 15.5 Å². The van der Waals surface area contributed by atoms with Crippen molar-refractivity contribution in [3.05, 3.63) is 52.1 Å². The molecule has 0 spiro atoms. The number of nitrogens with one attached hydrogen (secondary N) is 2. The fraction of sp³-hybridized carbons (Fsp3) is 0.429. The second kappa shape index (κ2) is 9.48. The standard InChI is InChI=1S/C21H23F3N6O2S/c1-25-9-11-30-18(32)15-17(28-19(30)21(22,23)24)33-20(27-15)29-10-5-8-14(29)16(31)26-12-13-6-3-2-4-7-13/h2-4,6-7,14,25H,5,8-12H2,1H3,(H,26,31)/t14-/m1/s1. The predicted molar refractivity (Wildman–Crippen MR) is 119 cm³/mol. The molecular formula is C21H23F3N6O2S. The third kappa shape index (κ3) is 4.86. The van der Waals surface area contributed by atoms with Gasteiger partial charge in [-0.3, -0.25) is 14.2 Å². The Balaban J connectivity index is 1.62. The first-order valence-electron chi connectivity index (χ1n) is 10.5. The van der Waals surface area contributed by atoms with Crippen LogP contribution in [0.15, 0.2) is 35.1 Å². The highest BCUT2D eigenvalue weighted by Gasteiger charge is 2.38. The number of likely N-dealkylation sites (N-methyl/N-ethyl adjacent to an activating group) is 1. The van der Waals surface area contributed by atoms with Gasteiger partial charge in [0.1, 0.15) is 6.04 Å². The van der Waals surface area contributed by atoms with Gasteiger partial charge in [0, 0.05) is 26.2 Å². The van der Waals surface area contributed by atoms with Crippen molar-refractivity contribution in [1.82, 2.24) is 25.2 Å². The number of carbonyl (C=O) groups is 1. The van der Waals surface area contributed by atoms with Crippen LogP contribution in [0.4, 0.5) is 18.3 Å². The molecule has 0 saturated carbocycles. The van der Waals surface area contributed by atoms with E-state index < -0.39 is 23.6 Å². The minimum atomic E-state index is -4.78. The third-order valence-corrected chi connectivity index (χ3v) is 6.44. The summed E-state index contributed by atoms with van der Waals surface area (Å²) in [6, 6.07) is 8.96. The normalized spacial score (nSPS) is 16.5. The lowest BCUT2D eigenvalue weighted by molar-refractivity contribution is -0.147. The molecule has 176 valence electrons. The lowest BCUT2D eigenvalue weighted by Gasteiger charge is -2.23. The first-order chi connectivity index (χ1) is 15.8. The maximum atomic E-state index is 13.6. The highest BCUT2D eigenvalue weighted by atomic mass is 32.1. The van der Waals surface area contributed by atoms with E-state index in [1.54, 1.807) is 11.9 Å². The molecular weight excluding hydrogens is 457 g/mol. The van der Waals surface area contributed by atoms with Crippen LogP contribution in [0.1, 0.15) is 24.2 Å². The van der Waals surface area contributed by atoms with Crippen LogP contribution < -0.4 is 21.1 Å². The molecule has 3 aromatic rings. The Kier molecular flexibility index (Phi) is 6.66. The third-order valence-electron chi connectivity index (χ3n) is 5.46. The SMILES string of the molecule is CNCCn1c(C(F)(F)F)nc2sc(N3CCC[C@@H]3C(=O)NCc3ccccc3)nc2c1=O. The number of aromatic nitrogens is 3. The van der Waals surface area contributed by atoms with Gasteiger partial charge in [-0.25, -0.2) is 9.97 Å². The molecule has 2 N–H and O–H groups in total. The van der Waals surface area contributed by atoms with E-state index in [9.17, 15) is 22.8 Å². The van der Waals surface area contributed by atoms with Crippen LogP contribution >= 0.6 is 11.3 Å². The zero-order valence-corrected chi connectivity index (χ0v) is 18.7. The molecule has 33 heavy (non-hydrogen) atoms. The number of anilines is 1. The number of nitrogens with zero attached hydrogens (tertiary/aromatic N) is 4.